The molecule has 4 amide bonds. The van der Waals surface area contributed by atoms with Crippen LogP contribution in [0.15, 0.2) is 103 Å². The van der Waals surface area contributed by atoms with Crippen LogP contribution in [0.25, 0.3) is 44.4 Å². The highest BCUT2D eigenvalue weighted by Crippen LogP contribution is 2.36. The smallest absolute Gasteiger partial charge is 0.407 e. The second-order valence-electron chi connectivity index (χ2n) is 15.2. The van der Waals surface area contributed by atoms with Crippen LogP contribution in [0, 0.1) is 0 Å². The van der Waals surface area contributed by atoms with E-state index >= 15 is 0 Å². The quantitative estimate of drug-likeness (QED) is 0.105. The minimum Gasteiger partial charge on any atom is -0.453 e. The zero-order chi connectivity index (χ0) is 44.9. The predicted octanol–water partition coefficient (Wildman–Crippen LogP) is 9.51. The summed E-state index contributed by atoms with van der Waals surface area (Å²) in [6, 6.07) is 28.9. The third-order valence-electron chi connectivity index (χ3n) is 11.0. The Labute approximate surface area is 368 Å². The van der Waals surface area contributed by atoms with Gasteiger partial charge >= 0.3 is 12.2 Å². The summed E-state index contributed by atoms with van der Waals surface area (Å²) in [6.45, 7) is 9.28. The normalized spacial score (nSPS) is 16.0. The SMILES string of the molecule is CC.CCC.COC(=O)NCC(=O)N1CCCC1c1ncc(-c2ccc3cc(-c4ccc(-c5cnc(C6CCCN6C(=O)C(NC(=O)OC)c6ccccc6)[nH]5)cc4)ccc3c2)[nH]1. The Morgan fingerprint density at radius 2 is 1.19 bits per heavy atom. The van der Waals surface area contributed by atoms with E-state index in [-0.39, 0.29) is 30.4 Å². The summed E-state index contributed by atoms with van der Waals surface area (Å²) in [5, 5.41) is 7.37. The second-order valence-corrected chi connectivity index (χ2v) is 15.2. The number of aromatic amines is 2. The Morgan fingerprint density at radius 3 is 1.79 bits per heavy atom. The van der Waals surface area contributed by atoms with Gasteiger partial charge in [-0.2, -0.15) is 0 Å². The monoisotopic (exact) mass is 854 g/mol. The average Bonchev–Trinajstić information content (AvgIpc) is 4.18. The third-order valence-corrected chi connectivity index (χ3v) is 11.0. The molecule has 0 saturated carbocycles. The highest BCUT2D eigenvalue weighted by Gasteiger charge is 2.37. The Kier molecular flexibility index (Phi) is 15.7. The molecule has 4 N–H and O–H groups in total. The summed E-state index contributed by atoms with van der Waals surface area (Å²) in [5.41, 5.74) is 6.52. The molecule has 4 aromatic carbocycles. The van der Waals surface area contributed by atoms with Crippen molar-refractivity contribution in [1.29, 1.82) is 0 Å². The van der Waals surface area contributed by atoms with E-state index in [4.69, 9.17) is 9.72 Å². The van der Waals surface area contributed by atoms with Crippen LogP contribution in [0.2, 0.25) is 0 Å². The van der Waals surface area contributed by atoms with Gasteiger partial charge < -0.3 is 39.9 Å². The van der Waals surface area contributed by atoms with Crippen LogP contribution in [0.4, 0.5) is 9.59 Å². The van der Waals surface area contributed by atoms with E-state index in [9.17, 15) is 19.2 Å². The fourth-order valence-corrected chi connectivity index (χ4v) is 8.00. The van der Waals surface area contributed by atoms with Crippen molar-refractivity contribution in [2.75, 3.05) is 33.9 Å². The van der Waals surface area contributed by atoms with Crippen LogP contribution in [0.1, 0.15) is 95.1 Å². The summed E-state index contributed by atoms with van der Waals surface area (Å²) in [4.78, 5) is 70.2. The zero-order valence-corrected chi connectivity index (χ0v) is 36.9. The molecule has 14 nitrogen and oxygen atoms in total. The van der Waals surface area contributed by atoms with Gasteiger partial charge in [0.2, 0.25) is 5.91 Å². The first-order valence-electron chi connectivity index (χ1n) is 21.8. The van der Waals surface area contributed by atoms with E-state index in [2.05, 4.69) is 105 Å². The van der Waals surface area contributed by atoms with Crippen LogP contribution in [0.3, 0.4) is 0 Å². The third kappa shape index (κ3) is 10.7. The lowest BCUT2D eigenvalue weighted by atomic mass is 9.98. The molecule has 0 radical (unpaired) electrons. The van der Waals surface area contributed by atoms with Crippen molar-refractivity contribution >= 4 is 34.8 Å². The number of rotatable bonds is 10. The van der Waals surface area contributed by atoms with Gasteiger partial charge in [0.15, 0.2) is 0 Å². The molecule has 2 aliphatic rings. The van der Waals surface area contributed by atoms with E-state index in [0.717, 1.165) is 75.9 Å². The van der Waals surface area contributed by atoms with Crippen molar-refractivity contribution in [2.24, 2.45) is 0 Å². The number of nitrogens with one attached hydrogen (secondary N) is 4. The summed E-state index contributed by atoms with van der Waals surface area (Å²) < 4.78 is 9.42. The number of nitrogens with zero attached hydrogens (tertiary/aromatic N) is 4. The standard InChI is InChI=1S/C44H44N8O6.C3H8.C2H6/c1-57-43(55)47-26-38(53)51-20-6-10-36(51)40-46-25-35(49-40)33-19-18-31-22-30(16-17-32(31)23-33)27-12-14-28(15-13-27)34-24-45-41(48-34)37-11-7-21-52(37)42(54)39(50-44(56)58-2)29-8-4-3-5-9-29;1-3-2;1-2/h3-5,8-9,12-19,22-25,36-37,39H,6-7,10-11,20-21,26H2,1-2H3,(H,45,48)(H,46,49)(H,47,55)(H,50,56);3H2,1-2H3;1-2H3. The second kappa shape index (κ2) is 21.7. The van der Waals surface area contributed by atoms with Gasteiger partial charge in [-0.1, -0.05) is 113 Å². The van der Waals surface area contributed by atoms with Crippen molar-refractivity contribution < 1.29 is 28.7 Å². The topological polar surface area (TPSA) is 175 Å². The Balaban J connectivity index is 0.00000127. The van der Waals surface area contributed by atoms with Gasteiger partial charge in [0.25, 0.3) is 5.91 Å². The minimum absolute atomic E-state index is 0.125. The fraction of sp³-hybridized carbons (Fsp3) is 0.347. The Morgan fingerprint density at radius 1 is 0.683 bits per heavy atom. The van der Waals surface area contributed by atoms with E-state index < -0.39 is 18.2 Å². The number of alkyl carbamates (subject to hydrolysis) is 2. The van der Waals surface area contributed by atoms with Crippen LogP contribution in [0.5, 0.6) is 0 Å². The van der Waals surface area contributed by atoms with E-state index in [1.165, 1.54) is 20.6 Å². The molecule has 0 bridgehead atoms. The number of H-pyrrole nitrogens is 2. The lowest BCUT2D eigenvalue weighted by Crippen LogP contribution is -2.42. The highest BCUT2D eigenvalue weighted by atomic mass is 16.5. The number of ether oxygens (including phenoxy) is 2. The average molecular weight is 855 g/mol. The van der Waals surface area contributed by atoms with Crippen molar-refractivity contribution in [3.63, 3.8) is 0 Å². The molecule has 63 heavy (non-hydrogen) atoms. The van der Waals surface area contributed by atoms with Gasteiger partial charge in [-0.15, -0.1) is 0 Å². The molecular formula is C49H58N8O6. The van der Waals surface area contributed by atoms with Gasteiger partial charge in [-0.3, -0.25) is 9.59 Å². The van der Waals surface area contributed by atoms with Crippen molar-refractivity contribution in [3.05, 3.63) is 121 Å². The maximum atomic E-state index is 13.9. The van der Waals surface area contributed by atoms with Crippen molar-refractivity contribution in [3.8, 4) is 33.6 Å². The molecule has 2 saturated heterocycles. The first-order valence-corrected chi connectivity index (χ1v) is 21.8. The number of carbonyl (C=O) groups excluding carboxylic acids is 4. The molecule has 4 heterocycles. The van der Waals surface area contributed by atoms with Crippen molar-refractivity contribution in [1.82, 2.24) is 40.4 Å². The lowest BCUT2D eigenvalue weighted by Gasteiger charge is -2.28. The largest absolute Gasteiger partial charge is 0.453 e. The molecular weight excluding hydrogens is 797 g/mol. The number of aromatic nitrogens is 4. The van der Waals surface area contributed by atoms with Gasteiger partial charge in [0, 0.05) is 18.7 Å². The summed E-state index contributed by atoms with van der Waals surface area (Å²) in [7, 11) is 2.55. The molecule has 2 aromatic heterocycles. The highest BCUT2D eigenvalue weighted by molar-refractivity contribution is 5.91. The number of amides is 4. The number of likely N-dealkylation sites (tertiary alicyclic amines) is 2. The van der Waals surface area contributed by atoms with E-state index in [1.807, 2.05) is 44.2 Å². The fourth-order valence-electron chi connectivity index (χ4n) is 8.00. The van der Waals surface area contributed by atoms with Crippen LogP contribution >= 0.6 is 0 Å². The molecule has 14 heteroatoms. The molecule has 8 rings (SSSR count). The predicted molar refractivity (Wildman–Crippen MR) is 244 cm³/mol. The number of methoxy groups -OCH3 is 2. The number of carbonyl (C=O) groups is 4. The Bertz CT molecular complexity index is 2460. The number of imidazole rings is 2. The van der Waals surface area contributed by atoms with Gasteiger partial charge in [-0.05, 0) is 70.8 Å². The molecule has 0 spiro atoms. The van der Waals surface area contributed by atoms with Crippen molar-refractivity contribution in [2.45, 2.75) is 77.9 Å². The van der Waals surface area contributed by atoms with Gasteiger partial charge in [0.05, 0.1) is 50.1 Å². The maximum absolute atomic E-state index is 13.9. The number of hydrogen-bond donors (Lipinski definition) is 4. The van der Waals surface area contributed by atoms with Crippen LogP contribution < -0.4 is 10.6 Å². The summed E-state index contributed by atoms with van der Waals surface area (Å²) in [5.74, 6) is 1.04. The zero-order valence-electron chi connectivity index (χ0n) is 36.9. The summed E-state index contributed by atoms with van der Waals surface area (Å²) in [6.07, 6.45) is 6.77. The molecule has 3 unspecified atom stereocenters. The minimum atomic E-state index is -0.878. The number of fused-ring (bicyclic) bond motifs is 1. The molecule has 0 aliphatic carbocycles. The first kappa shape index (κ1) is 45.6. The molecule has 330 valence electrons. The number of benzene rings is 4. The van der Waals surface area contributed by atoms with Gasteiger partial charge in [0.1, 0.15) is 24.2 Å². The van der Waals surface area contributed by atoms with Gasteiger partial charge in [-0.25, -0.2) is 19.6 Å². The molecule has 3 atom stereocenters. The van der Waals surface area contributed by atoms with Crippen LogP contribution in [-0.2, 0) is 19.1 Å². The number of hydrogen-bond acceptors (Lipinski definition) is 8. The Hall–Kier alpha value is -6.96. The molecule has 6 aromatic rings. The first-order chi connectivity index (χ1) is 30.7. The van der Waals surface area contributed by atoms with E-state index in [0.29, 0.717) is 24.5 Å². The van der Waals surface area contributed by atoms with E-state index in [1.54, 1.807) is 22.2 Å². The van der Waals surface area contributed by atoms with Crippen LogP contribution in [-0.4, -0.2) is 87.6 Å². The lowest BCUT2D eigenvalue weighted by molar-refractivity contribution is -0.134. The molecule has 2 aliphatic heterocycles. The summed E-state index contributed by atoms with van der Waals surface area (Å²) >= 11 is 0. The molecule has 2 fully saturated rings. The maximum Gasteiger partial charge on any atom is 0.407 e.